The highest BCUT2D eigenvalue weighted by Gasteiger charge is 2.28. The van der Waals surface area contributed by atoms with Crippen LogP contribution in [0.4, 0.5) is 0 Å². The maximum Gasteiger partial charge on any atom is 0.168 e. The van der Waals surface area contributed by atoms with Gasteiger partial charge in [0.1, 0.15) is 0 Å². The zero-order valence-electron chi connectivity index (χ0n) is 11.9. The van der Waals surface area contributed by atoms with Gasteiger partial charge in [-0.15, -0.1) is 0 Å². The molecule has 2 nitrogen and oxygen atoms in total. The largest absolute Gasteiger partial charge is 0.360 e. The summed E-state index contributed by atoms with van der Waals surface area (Å²) in [6.45, 7) is 6.61. The van der Waals surface area contributed by atoms with Crippen molar-refractivity contribution in [2.75, 3.05) is 0 Å². The second-order valence-corrected chi connectivity index (χ2v) is 6.70. The molecule has 1 saturated carbocycles. The molecule has 0 unspecified atom stereocenters. The molecule has 0 spiro atoms. The van der Waals surface area contributed by atoms with Crippen molar-refractivity contribution in [1.82, 2.24) is 4.98 Å². The predicted molar refractivity (Wildman–Crippen MR) is 78.7 cm³/mol. The molecule has 0 aliphatic heterocycles. The Morgan fingerprint density at radius 3 is 2.58 bits per heavy atom. The van der Waals surface area contributed by atoms with E-state index in [1.54, 1.807) is 0 Å². The van der Waals surface area contributed by atoms with E-state index in [9.17, 15) is 4.79 Å². The number of hydrogen-bond donors (Lipinski definition) is 1. The average molecular weight is 255 g/mol. The van der Waals surface area contributed by atoms with Gasteiger partial charge in [0.15, 0.2) is 5.78 Å². The third-order valence-corrected chi connectivity index (χ3v) is 4.29. The van der Waals surface area contributed by atoms with Crippen molar-refractivity contribution in [3.8, 4) is 0 Å². The van der Waals surface area contributed by atoms with Crippen molar-refractivity contribution in [1.29, 1.82) is 0 Å². The molecule has 0 bridgehead atoms. The van der Waals surface area contributed by atoms with Crippen LogP contribution in [0.1, 0.15) is 56.0 Å². The number of nitrogens with one attached hydrogen (secondary N) is 1. The Labute approximate surface area is 114 Å². The summed E-state index contributed by atoms with van der Waals surface area (Å²) in [5, 5.41) is 1.09. The van der Waals surface area contributed by atoms with Crippen LogP contribution in [0.5, 0.6) is 0 Å². The van der Waals surface area contributed by atoms with E-state index in [-0.39, 0.29) is 11.3 Å². The third kappa shape index (κ3) is 2.09. The van der Waals surface area contributed by atoms with Gasteiger partial charge in [0.2, 0.25) is 0 Å². The van der Waals surface area contributed by atoms with Gasteiger partial charge in [0.05, 0.1) is 0 Å². The Morgan fingerprint density at radius 1 is 1.26 bits per heavy atom. The highest BCUT2D eigenvalue weighted by molar-refractivity contribution is 6.09. The Hall–Kier alpha value is -1.57. The molecule has 19 heavy (non-hydrogen) atoms. The first-order chi connectivity index (χ1) is 8.97. The number of ketones is 1. The number of benzene rings is 1. The first-order valence-corrected chi connectivity index (χ1v) is 7.12. The van der Waals surface area contributed by atoms with Crippen LogP contribution in [0.2, 0.25) is 0 Å². The molecule has 3 rings (SSSR count). The fourth-order valence-electron chi connectivity index (χ4n) is 2.68. The number of fused-ring (bicyclic) bond motifs is 1. The van der Waals surface area contributed by atoms with Crippen molar-refractivity contribution in [2.45, 2.75) is 45.4 Å². The fraction of sp³-hybridized carbons (Fsp3) is 0.471. The van der Waals surface area contributed by atoms with E-state index in [1.165, 1.54) is 12.0 Å². The van der Waals surface area contributed by atoms with Gasteiger partial charge < -0.3 is 4.98 Å². The Balaban J connectivity index is 2.07. The van der Waals surface area contributed by atoms with E-state index >= 15 is 0 Å². The number of aromatic nitrogens is 1. The van der Waals surface area contributed by atoms with E-state index in [0.29, 0.717) is 5.78 Å². The van der Waals surface area contributed by atoms with Crippen molar-refractivity contribution < 1.29 is 4.79 Å². The number of H-pyrrole nitrogens is 1. The Kier molecular flexibility index (Phi) is 2.77. The highest BCUT2D eigenvalue weighted by atomic mass is 16.1. The van der Waals surface area contributed by atoms with Gasteiger partial charge in [0, 0.05) is 28.6 Å². The predicted octanol–water partition coefficient (Wildman–Crippen LogP) is 4.45. The lowest BCUT2D eigenvalue weighted by Gasteiger charge is -2.23. The number of carbonyl (C=O) groups excluding carboxylic acids is 1. The molecule has 100 valence electrons. The van der Waals surface area contributed by atoms with Gasteiger partial charge in [-0.1, -0.05) is 33.3 Å². The van der Waals surface area contributed by atoms with Gasteiger partial charge in [0.25, 0.3) is 0 Å². The summed E-state index contributed by atoms with van der Waals surface area (Å²) >= 11 is 0. The van der Waals surface area contributed by atoms with Gasteiger partial charge in [-0.25, -0.2) is 0 Å². The number of aromatic amines is 1. The van der Waals surface area contributed by atoms with Gasteiger partial charge in [-0.2, -0.15) is 0 Å². The van der Waals surface area contributed by atoms with Crippen molar-refractivity contribution in [3.63, 3.8) is 0 Å². The average Bonchev–Trinajstić information content (AvgIpc) is 2.67. The number of rotatable bonds is 2. The standard InChI is InChI=1S/C17H21NO/c1-17(2,3)12-7-8-15-13(9-12)14(10-18-15)16(19)11-5-4-6-11/h7-11,18H,4-6H2,1-3H3. The van der Waals surface area contributed by atoms with Crippen molar-refractivity contribution >= 4 is 16.7 Å². The number of Topliss-reactive ketones (excluding diaryl/α,β-unsaturated/α-hetero) is 1. The summed E-state index contributed by atoms with van der Waals surface area (Å²) in [5.74, 6) is 0.584. The van der Waals surface area contributed by atoms with E-state index in [1.807, 2.05) is 6.20 Å². The second-order valence-electron chi connectivity index (χ2n) is 6.70. The first-order valence-electron chi connectivity index (χ1n) is 7.12. The zero-order chi connectivity index (χ0) is 13.6. The molecular weight excluding hydrogens is 234 g/mol. The van der Waals surface area contributed by atoms with Crippen LogP contribution in [0.15, 0.2) is 24.4 Å². The van der Waals surface area contributed by atoms with Crippen molar-refractivity contribution in [3.05, 3.63) is 35.5 Å². The number of carbonyl (C=O) groups is 1. The molecule has 1 N–H and O–H groups in total. The lowest BCUT2D eigenvalue weighted by molar-refractivity contribution is 0.0857. The Bertz CT molecular complexity index is 626. The van der Waals surface area contributed by atoms with E-state index in [4.69, 9.17) is 0 Å². The van der Waals surface area contributed by atoms with Crippen LogP contribution in [0.3, 0.4) is 0 Å². The van der Waals surface area contributed by atoms with E-state index < -0.39 is 0 Å². The highest BCUT2D eigenvalue weighted by Crippen LogP contribution is 2.33. The minimum absolute atomic E-state index is 0.113. The SMILES string of the molecule is CC(C)(C)c1ccc2[nH]cc(C(=O)C3CCC3)c2c1. The molecule has 0 atom stereocenters. The molecule has 2 aromatic rings. The van der Waals surface area contributed by atoms with Crippen LogP contribution in [0.25, 0.3) is 10.9 Å². The van der Waals surface area contributed by atoms with Crippen LogP contribution in [0, 0.1) is 5.92 Å². The quantitative estimate of drug-likeness (QED) is 0.790. The minimum Gasteiger partial charge on any atom is -0.360 e. The maximum absolute atomic E-state index is 12.4. The minimum atomic E-state index is 0.113. The summed E-state index contributed by atoms with van der Waals surface area (Å²) in [7, 11) is 0. The molecule has 1 heterocycles. The monoisotopic (exact) mass is 255 g/mol. The fourth-order valence-corrected chi connectivity index (χ4v) is 2.68. The van der Waals surface area contributed by atoms with Gasteiger partial charge in [-0.05, 0) is 36.0 Å². The topological polar surface area (TPSA) is 32.9 Å². The smallest absolute Gasteiger partial charge is 0.168 e. The third-order valence-electron chi connectivity index (χ3n) is 4.29. The van der Waals surface area contributed by atoms with Crippen molar-refractivity contribution in [2.24, 2.45) is 5.92 Å². The lowest BCUT2D eigenvalue weighted by atomic mass is 9.79. The summed E-state index contributed by atoms with van der Waals surface area (Å²) < 4.78 is 0. The molecule has 2 heteroatoms. The molecular formula is C17H21NO. The number of hydrogen-bond acceptors (Lipinski definition) is 1. The zero-order valence-corrected chi connectivity index (χ0v) is 11.9. The molecule has 1 aromatic heterocycles. The van der Waals surface area contributed by atoms with Crippen LogP contribution in [-0.4, -0.2) is 10.8 Å². The Morgan fingerprint density at radius 2 is 2.00 bits per heavy atom. The summed E-state index contributed by atoms with van der Waals surface area (Å²) in [6.07, 6.45) is 5.21. The van der Waals surface area contributed by atoms with Crippen LogP contribution < -0.4 is 0 Å². The van der Waals surface area contributed by atoms with E-state index in [0.717, 1.165) is 29.3 Å². The molecule has 1 fully saturated rings. The van der Waals surface area contributed by atoms with E-state index in [2.05, 4.69) is 44.0 Å². The summed E-state index contributed by atoms with van der Waals surface area (Å²) in [4.78, 5) is 15.7. The maximum atomic E-state index is 12.4. The second kappa shape index (κ2) is 4.22. The summed E-state index contributed by atoms with van der Waals surface area (Å²) in [6, 6.07) is 6.42. The van der Waals surface area contributed by atoms with Gasteiger partial charge in [-0.3, -0.25) is 4.79 Å². The molecule has 1 aromatic carbocycles. The molecule has 0 radical (unpaired) electrons. The summed E-state index contributed by atoms with van der Waals surface area (Å²) in [5.41, 5.74) is 3.34. The molecule has 1 aliphatic rings. The molecule has 1 aliphatic carbocycles. The first kappa shape index (κ1) is 12.5. The normalized spacial score (nSPS) is 16.6. The molecule has 0 amide bonds. The van der Waals surface area contributed by atoms with Crippen LogP contribution in [-0.2, 0) is 5.41 Å². The van der Waals surface area contributed by atoms with Crippen LogP contribution >= 0.6 is 0 Å². The molecule has 0 saturated heterocycles. The van der Waals surface area contributed by atoms with Gasteiger partial charge >= 0.3 is 0 Å². The lowest BCUT2D eigenvalue weighted by Crippen LogP contribution is -2.21.